The summed E-state index contributed by atoms with van der Waals surface area (Å²) in [5.74, 6) is -0.410. The molecule has 0 aliphatic heterocycles. The second-order valence-corrected chi connectivity index (χ2v) is 9.56. The van der Waals surface area contributed by atoms with Crippen LogP contribution in [0.1, 0.15) is 5.56 Å². The molecule has 0 spiro atoms. The standard InChI is InChI=1S/C25H21ClN2O3S/c26-22-12-14-23(15-13-22)28(32(30,31)24-8-2-1-3-9-24)18-25(29)27-17-19-10-11-20-6-4-5-7-21(20)16-19/h1-16H,17-18H2,(H,27,29). The van der Waals surface area contributed by atoms with Gasteiger partial charge in [-0.1, -0.05) is 66.2 Å². The molecule has 5 nitrogen and oxygen atoms in total. The maximum Gasteiger partial charge on any atom is 0.264 e. The number of rotatable bonds is 7. The SMILES string of the molecule is O=C(CN(c1ccc(Cl)cc1)S(=O)(=O)c1ccccc1)NCc1ccc2ccccc2c1. The Balaban J connectivity index is 1.54. The summed E-state index contributed by atoms with van der Waals surface area (Å²) in [7, 11) is -3.94. The van der Waals surface area contributed by atoms with E-state index < -0.39 is 15.9 Å². The van der Waals surface area contributed by atoms with Crippen molar-refractivity contribution in [3.8, 4) is 0 Å². The minimum Gasteiger partial charge on any atom is -0.350 e. The lowest BCUT2D eigenvalue weighted by molar-refractivity contribution is -0.119. The van der Waals surface area contributed by atoms with Gasteiger partial charge in [-0.05, 0) is 58.8 Å². The Morgan fingerprint density at radius 3 is 2.19 bits per heavy atom. The van der Waals surface area contributed by atoms with Crippen molar-refractivity contribution in [2.24, 2.45) is 0 Å². The number of nitrogens with zero attached hydrogens (tertiary/aromatic N) is 1. The lowest BCUT2D eigenvalue weighted by atomic mass is 10.1. The number of carbonyl (C=O) groups excluding carboxylic acids is 1. The Morgan fingerprint density at radius 1 is 0.812 bits per heavy atom. The smallest absolute Gasteiger partial charge is 0.264 e. The van der Waals surface area contributed by atoms with E-state index in [1.807, 2.05) is 42.5 Å². The predicted molar refractivity (Wildman–Crippen MR) is 128 cm³/mol. The van der Waals surface area contributed by atoms with Crippen molar-refractivity contribution in [3.05, 3.63) is 108 Å². The summed E-state index contributed by atoms with van der Waals surface area (Å²) >= 11 is 5.97. The van der Waals surface area contributed by atoms with E-state index in [4.69, 9.17) is 11.6 Å². The molecule has 162 valence electrons. The Hall–Kier alpha value is -3.35. The second kappa shape index (κ2) is 9.42. The maximum atomic E-state index is 13.3. The van der Waals surface area contributed by atoms with Gasteiger partial charge in [-0.15, -0.1) is 0 Å². The third kappa shape index (κ3) is 4.93. The third-order valence-corrected chi connectivity index (χ3v) is 7.08. The van der Waals surface area contributed by atoms with Gasteiger partial charge in [-0.25, -0.2) is 8.42 Å². The largest absolute Gasteiger partial charge is 0.350 e. The summed E-state index contributed by atoms with van der Waals surface area (Å²) in [5, 5.41) is 5.50. The number of amides is 1. The highest BCUT2D eigenvalue weighted by molar-refractivity contribution is 7.92. The average Bonchev–Trinajstić information content (AvgIpc) is 2.82. The van der Waals surface area contributed by atoms with Crippen LogP contribution in [-0.4, -0.2) is 20.9 Å². The fourth-order valence-corrected chi connectivity index (χ4v) is 4.95. The van der Waals surface area contributed by atoms with E-state index in [0.717, 1.165) is 20.6 Å². The van der Waals surface area contributed by atoms with Crippen molar-refractivity contribution in [2.75, 3.05) is 10.8 Å². The molecule has 7 heteroatoms. The summed E-state index contributed by atoms with van der Waals surface area (Å²) in [6.45, 7) is -0.0596. The number of carbonyl (C=O) groups is 1. The van der Waals surface area contributed by atoms with Crippen molar-refractivity contribution in [1.82, 2.24) is 5.32 Å². The Morgan fingerprint density at radius 2 is 1.47 bits per heavy atom. The van der Waals surface area contributed by atoms with Gasteiger partial charge in [0.15, 0.2) is 0 Å². The number of fused-ring (bicyclic) bond motifs is 1. The molecule has 0 heterocycles. The van der Waals surface area contributed by atoms with Gasteiger partial charge in [0.2, 0.25) is 5.91 Å². The van der Waals surface area contributed by atoms with Crippen LogP contribution in [0.3, 0.4) is 0 Å². The van der Waals surface area contributed by atoms with Crippen LogP contribution in [0.5, 0.6) is 0 Å². The molecule has 1 N–H and O–H groups in total. The predicted octanol–water partition coefficient (Wildman–Crippen LogP) is 5.00. The highest BCUT2D eigenvalue weighted by Crippen LogP contribution is 2.25. The molecular formula is C25H21ClN2O3S. The Labute approximate surface area is 192 Å². The van der Waals surface area contributed by atoms with Gasteiger partial charge in [0, 0.05) is 11.6 Å². The first-order chi connectivity index (χ1) is 15.4. The van der Waals surface area contributed by atoms with E-state index in [9.17, 15) is 13.2 Å². The van der Waals surface area contributed by atoms with Gasteiger partial charge < -0.3 is 5.32 Å². The molecule has 0 unspecified atom stereocenters. The minimum atomic E-state index is -3.94. The summed E-state index contributed by atoms with van der Waals surface area (Å²) in [5.41, 5.74) is 1.29. The number of anilines is 1. The number of halogens is 1. The highest BCUT2D eigenvalue weighted by atomic mass is 35.5. The average molecular weight is 465 g/mol. The van der Waals surface area contributed by atoms with Gasteiger partial charge in [-0.3, -0.25) is 9.10 Å². The first kappa shape index (κ1) is 21.9. The van der Waals surface area contributed by atoms with E-state index >= 15 is 0 Å². The summed E-state index contributed by atoms with van der Waals surface area (Å²) in [6.07, 6.45) is 0. The quantitative estimate of drug-likeness (QED) is 0.418. The Bertz CT molecular complexity index is 1340. The van der Waals surface area contributed by atoms with Crippen LogP contribution < -0.4 is 9.62 Å². The lowest BCUT2D eigenvalue weighted by Crippen LogP contribution is -2.40. The number of hydrogen-bond donors (Lipinski definition) is 1. The molecule has 1 amide bonds. The molecule has 32 heavy (non-hydrogen) atoms. The number of benzene rings is 4. The van der Waals surface area contributed by atoms with Crippen LogP contribution in [0.15, 0.2) is 102 Å². The third-order valence-electron chi connectivity index (χ3n) is 5.04. The monoisotopic (exact) mass is 464 g/mol. The van der Waals surface area contributed by atoms with E-state index in [1.165, 1.54) is 12.1 Å². The van der Waals surface area contributed by atoms with Crippen molar-refractivity contribution < 1.29 is 13.2 Å². The zero-order valence-corrected chi connectivity index (χ0v) is 18.7. The van der Waals surface area contributed by atoms with Crippen molar-refractivity contribution >= 4 is 44.0 Å². The number of sulfonamides is 1. The molecule has 0 saturated heterocycles. The van der Waals surface area contributed by atoms with Gasteiger partial charge in [0.25, 0.3) is 10.0 Å². The topological polar surface area (TPSA) is 66.5 Å². The number of hydrogen-bond acceptors (Lipinski definition) is 3. The van der Waals surface area contributed by atoms with E-state index in [-0.39, 0.29) is 11.4 Å². The molecule has 4 rings (SSSR count). The van der Waals surface area contributed by atoms with E-state index in [1.54, 1.807) is 42.5 Å². The van der Waals surface area contributed by atoms with Gasteiger partial charge >= 0.3 is 0 Å². The molecule has 4 aromatic carbocycles. The summed E-state index contributed by atoms with van der Waals surface area (Å²) < 4.78 is 27.7. The molecule has 0 aliphatic carbocycles. The fourth-order valence-electron chi connectivity index (χ4n) is 3.38. The van der Waals surface area contributed by atoms with Crippen LogP contribution in [-0.2, 0) is 21.4 Å². The van der Waals surface area contributed by atoms with E-state index in [0.29, 0.717) is 17.3 Å². The highest BCUT2D eigenvalue weighted by Gasteiger charge is 2.27. The lowest BCUT2D eigenvalue weighted by Gasteiger charge is -2.24. The van der Waals surface area contributed by atoms with Crippen LogP contribution in [0.2, 0.25) is 5.02 Å². The zero-order chi connectivity index (χ0) is 22.6. The zero-order valence-electron chi connectivity index (χ0n) is 17.1. The molecular weight excluding hydrogens is 444 g/mol. The molecule has 0 atom stereocenters. The van der Waals surface area contributed by atoms with Crippen LogP contribution >= 0.6 is 11.6 Å². The van der Waals surface area contributed by atoms with Crippen LogP contribution in [0, 0.1) is 0 Å². The van der Waals surface area contributed by atoms with Crippen molar-refractivity contribution in [1.29, 1.82) is 0 Å². The van der Waals surface area contributed by atoms with Crippen molar-refractivity contribution in [2.45, 2.75) is 11.4 Å². The van der Waals surface area contributed by atoms with Crippen LogP contribution in [0.25, 0.3) is 10.8 Å². The van der Waals surface area contributed by atoms with Gasteiger partial charge in [0.05, 0.1) is 10.6 Å². The second-order valence-electron chi connectivity index (χ2n) is 7.26. The van der Waals surface area contributed by atoms with E-state index in [2.05, 4.69) is 5.32 Å². The molecule has 0 bridgehead atoms. The van der Waals surface area contributed by atoms with Crippen molar-refractivity contribution in [3.63, 3.8) is 0 Å². The summed E-state index contributed by atoms with van der Waals surface area (Å²) in [4.78, 5) is 12.9. The Kier molecular flexibility index (Phi) is 6.44. The van der Waals surface area contributed by atoms with Crippen LogP contribution in [0.4, 0.5) is 5.69 Å². The number of nitrogens with one attached hydrogen (secondary N) is 1. The molecule has 0 saturated carbocycles. The first-order valence-corrected chi connectivity index (χ1v) is 11.8. The molecule has 0 aliphatic rings. The minimum absolute atomic E-state index is 0.109. The maximum absolute atomic E-state index is 13.3. The molecule has 4 aromatic rings. The fraction of sp³-hybridized carbons (Fsp3) is 0.0800. The van der Waals surface area contributed by atoms with Gasteiger partial charge in [-0.2, -0.15) is 0 Å². The molecule has 0 aromatic heterocycles. The first-order valence-electron chi connectivity index (χ1n) is 10.0. The normalized spacial score (nSPS) is 11.3. The molecule has 0 fully saturated rings. The molecule has 0 radical (unpaired) electrons. The summed E-state index contributed by atoms with van der Waals surface area (Å²) in [6, 6.07) is 28.3. The van der Waals surface area contributed by atoms with Gasteiger partial charge in [0.1, 0.15) is 6.54 Å².